The van der Waals surface area contributed by atoms with Crippen LogP contribution in [-0.2, 0) is 0 Å². The van der Waals surface area contributed by atoms with Crippen molar-refractivity contribution in [3.63, 3.8) is 0 Å². The average Bonchev–Trinajstić information content (AvgIpc) is 3.40. The second-order valence-corrected chi connectivity index (χ2v) is 7.87. The van der Waals surface area contributed by atoms with Gasteiger partial charge in [0.25, 0.3) is 5.91 Å². The van der Waals surface area contributed by atoms with Crippen molar-refractivity contribution >= 4 is 11.6 Å². The number of nitriles is 1. The topological polar surface area (TPSA) is 112 Å². The summed E-state index contributed by atoms with van der Waals surface area (Å²) in [7, 11) is 0. The molecular formula is C24H22N6O2. The molecule has 1 aliphatic heterocycles. The number of aromatic nitrogens is 3. The Morgan fingerprint density at radius 1 is 1.09 bits per heavy atom. The van der Waals surface area contributed by atoms with Gasteiger partial charge in [0.15, 0.2) is 11.9 Å². The number of rotatable bonds is 5. The van der Waals surface area contributed by atoms with E-state index in [2.05, 4.69) is 16.3 Å². The van der Waals surface area contributed by atoms with Crippen LogP contribution >= 0.6 is 0 Å². The minimum atomic E-state index is -0.551. The molecule has 1 fully saturated rings. The second-order valence-electron chi connectivity index (χ2n) is 7.87. The number of H-pyrrole nitrogens is 1. The number of carbonyl (C=O) groups excluding carboxylic acids is 1. The molecule has 0 atom stereocenters. The Kier molecular flexibility index (Phi) is 5.00. The molecule has 1 saturated heterocycles. The van der Waals surface area contributed by atoms with Crippen molar-refractivity contribution in [3.05, 3.63) is 72.1 Å². The molecule has 0 spiro atoms. The predicted molar refractivity (Wildman–Crippen MR) is 119 cm³/mol. The third-order valence-corrected chi connectivity index (χ3v) is 5.92. The lowest BCUT2D eigenvalue weighted by Gasteiger charge is -2.27. The minimum Gasteiger partial charge on any atom is -0.457 e. The number of amides is 1. The number of benzene rings is 2. The number of primary amides is 1. The van der Waals surface area contributed by atoms with E-state index in [0.29, 0.717) is 17.1 Å². The average molecular weight is 426 g/mol. The fourth-order valence-corrected chi connectivity index (χ4v) is 4.28. The third kappa shape index (κ3) is 3.54. The van der Waals surface area contributed by atoms with Crippen molar-refractivity contribution in [1.29, 1.82) is 5.26 Å². The minimum absolute atomic E-state index is 0.269. The van der Waals surface area contributed by atoms with Crippen LogP contribution in [0.1, 0.15) is 34.8 Å². The first-order valence-electron chi connectivity index (χ1n) is 10.5. The molecular weight excluding hydrogens is 404 g/mol. The van der Waals surface area contributed by atoms with E-state index in [9.17, 15) is 4.79 Å². The van der Waals surface area contributed by atoms with Gasteiger partial charge in [-0.2, -0.15) is 10.4 Å². The van der Waals surface area contributed by atoms with Gasteiger partial charge in [0.1, 0.15) is 17.1 Å². The number of fused-ring (bicyclic) bond motifs is 1. The Labute approximate surface area is 184 Å². The number of ether oxygens (including phenoxy) is 1. The molecule has 2 aromatic carbocycles. The van der Waals surface area contributed by atoms with E-state index in [1.54, 1.807) is 15.6 Å². The molecule has 160 valence electrons. The SMILES string of the molecule is N#CN1CCC(c2cnn3c(C(N)=O)c(-c4ccc(Oc5ccccc5)cc4)[nH]c23)CC1. The summed E-state index contributed by atoms with van der Waals surface area (Å²) in [5.41, 5.74) is 9.30. The third-order valence-electron chi connectivity index (χ3n) is 5.92. The standard InChI is InChI=1S/C24H22N6O2/c25-15-29-12-10-16(11-13-29)20-14-27-30-22(23(26)31)21(28-24(20)30)17-6-8-19(9-7-17)32-18-4-2-1-3-5-18/h1-9,14,16,28H,10-13H2,(H2,26,31). The summed E-state index contributed by atoms with van der Waals surface area (Å²) in [4.78, 5) is 17.5. The zero-order valence-corrected chi connectivity index (χ0v) is 17.4. The summed E-state index contributed by atoms with van der Waals surface area (Å²) < 4.78 is 7.46. The molecule has 0 unspecified atom stereocenters. The van der Waals surface area contributed by atoms with Gasteiger partial charge in [-0.05, 0) is 55.2 Å². The van der Waals surface area contributed by atoms with Crippen molar-refractivity contribution in [2.75, 3.05) is 13.1 Å². The number of hydrogen-bond donors (Lipinski definition) is 2. The van der Waals surface area contributed by atoms with Crippen LogP contribution in [0.4, 0.5) is 0 Å². The summed E-state index contributed by atoms with van der Waals surface area (Å²) in [6, 6.07) is 17.0. The van der Waals surface area contributed by atoms with Crippen LogP contribution < -0.4 is 10.5 Å². The van der Waals surface area contributed by atoms with E-state index in [4.69, 9.17) is 15.7 Å². The fraction of sp³-hybridized carbons (Fsp3) is 0.208. The lowest BCUT2D eigenvalue weighted by Crippen LogP contribution is -2.28. The zero-order valence-electron chi connectivity index (χ0n) is 17.4. The van der Waals surface area contributed by atoms with Gasteiger partial charge < -0.3 is 20.4 Å². The normalized spacial score (nSPS) is 14.4. The highest BCUT2D eigenvalue weighted by Gasteiger charge is 2.27. The van der Waals surface area contributed by atoms with E-state index < -0.39 is 5.91 Å². The fourth-order valence-electron chi connectivity index (χ4n) is 4.28. The first kappa shape index (κ1) is 19.7. The first-order valence-corrected chi connectivity index (χ1v) is 10.5. The predicted octanol–water partition coefficient (Wildman–Crippen LogP) is 3.88. The Balaban J connectivity index is 1.47. The smallest absolute Gasteiger partial charge is 0.269 e. The molecule has 8 nitrogen and oxygen atoms in total. The van der Waals surface area contributed by atoms with Crippen LogP contribution in [0, 0.1) is 11.5 Å². The molecule has 0 aliphatic carbocycles. The molecule has 5 rings (SSSR count). The molecule has 0 saturated carbocycles. The maximum atomic E-state index is 12.3. The summed E-state index contributed by atoms with van der Waals surface area (Å²) >= 11 is 0. The summed E-state index contributed by atoms with van der Waals surface area (Å²) in [5.74, 6) is 1.17. The van der Waals surface area contributed by atoms with Crippen molar-refractivity contribution < 1.29 is 9.53 Å². The Hall–Kier alpha value is -4.25. The second kappa shape index (κ2) is 8.12. The molecule has 3 N–H and O–H groups in total. The highest BCUT2D eigenvalue weighted by molar-refractivity contribution is 5.98. The lowest BCUT2D eigenvalue weighted by molar-refractivity contribution is 0.0994. The van der Waals surface area contributed by atoms with Gasteiger partial charge in [0.2, 0.25) is 0 Å². The van der Waals surface area contributed by atoms with Crippen LogP contribution in [0.5, 0.6) is 11.5 Å². The number of nitrogens with two attached hydrogens (primary N) is 1. The summed E-state index contributed by atoms with van der Waals surface area (Å²) in [5, 5.41) is 13.6. The number of likely N-dealkylation sites (tertiary alicyclic amines) is 1. The van der Waals surface area contributed by atoms with Gasteiger partial charge in [-0.3, -0.25) is 4.79 Å². The van der Waals surface area contributed by atoms with Gasteiger partial charge in [-0.25, -0.2) is 4.52 Å². The van der Waals surface area contributed by atoms with E-state index in [0.717, 1.165) is 48.5 Å². The van der Waals surface area contributed by atoms with Gasteiger partial charge in [-0.1, -0.05) is 18.2 Å². The van der Waals surface area contributed by atoms with Gasteiger partial charge in [0.05, 0.1) is 11.9 Å². The molecule has 0 bridgehead atoms. The van der Waals surface area contributed by atoms with Crippen LogP contribution in [0.15, 0.2) is 60.8 Å². The lowest BCUT2D eigenvalue weighted by atomic mass is 9.91. The van der Waals surface area contributed by atoms with Gasteiger partial charge >= 0.3 is 0 Å². The Morgan fingerprint density at radius 2 is 1.78 bits per heavy atom. The molecule has 3 heterocycles. The maximum Gasteiger partial charge on any atom is 0.269 e. The monoisotopic (exact) mass is 426 g/mol. The molecule has 8 heteroatoms. The zero-order chi connectivity index (χ0) is 22.1. The number of para-hydroxylation sites is 1. The van der Waals surface area contributed by atoms with Crippen molar-refractivity contribution in [3.8, 4) is 28.9 Å². The highest BCUT2D eigenvalue weighted by Crippen LogP contribution is 2.34. The number of imidazole rings is 1. The first-order chi connectivity index (χ1) is 15.6. The van der Waals surface area contributed by atoms with Crippen LogP contribution in [-0.4, -0.2) is 38.5 Å². The number of nitrogens with zero attached hydrogens (tertiary/aromatic N) is 4. The summed E-state index contributed by atoms with van der Waals surface area (Å²) in [6.07, 6.45) is 5.73. The molecule has 0 radical (unpaired) electrons. The Bertz CT molecular complexity index is 1290. The number of carbonyl (C=O) groups is 1. The quantitative estimate of drug-likeness (QED) is 0.470. The largest absolute Gasteiger partial charge is 0.457 e. The Morgan fingerprint density at radius 3 is 2.44 bits per heavy atom. The van der Waals surface area contributed by atoms with Crippen molar-refractivity contribution in [1.82, 2.24) is 19.5 Å². The molecule has 32 heavy (non-hydrogen) atoms. The number of aromatic amines is 1. The van der Waals surface area contributed by atoms with E-state index >= 15 is 0 Å². The molecule has 2 aromatic heterocycles. The van der Waals surface area contributed by atoms with Crippen LogP contribution in [0.3, 0.4) is 0 Å². The van der Waals surface area contributed by atoms with Gasteiger partial charge in [0, 0.05) is 24.2 Å². The molecule has 1 amide bonds. The number of piperidine rings is 1. The molecule has 4 aromatic rings. The molecule has 1 aliphatic rings. The van der Waals surface area contributed by atoms with E-state index in [-0.39, 0.29) is 5.92 Å². The van der Waals surface area contributed by atoms with Crippen LogP contribution in [0.25, 0.3) is 16.9 Å². The number of hydrogen-bond acceptors (Lipinski definition) is 5. The maximum absolute atomic E-state index is 12.3. The van der Waals surface area contributed by atoms with Crippen LogP contribution in [0.2, 0.25) is 0 Å². The summed E-state index contributed by atoms with van der Waals surface area (Å²) in [6.45, 7) is 1.44. The van der Waals surface area contributed by atoms with E-state index in [1.165, 1.54) is 0 Å². The highest BCUT2D eigenvalue weighted by atomic mass is 16.5. The van der Waals surface area contributed by atoms with Gasteiger partial charge in [-0.15, -0.1) is 0 Å². The van der Waals surface area contributed by atoms with Crippen molar-refractivity contribution in [2.45, 2.75) is 18.8 Å². The van der Waals surface area contributed by atoms with Crippen molar-refractivity contribution in [2.24, 2.45) is 5.73 Å². The number of nitrogens with one attached hydrogen (secondary N) is 1. The van der Waals surface area contributed by atoms with E-state index in [1.807, 2.05) is 54.6 Å².